The number of rotatable bonds is 3. The van der Waals surface area contributed by atoms with Gasteiger partial charge in [0.15, 0.2) is 0 Å². The molecule has 1 amide bonds. The molecule has 1 saturated heterocycles. The van der Waals surface area contributed by atoms with E-state index in [1.54, 1.807) is 0 Å². The number of piperazine rings is 1. The highest BCUT2D eigenvalue weighted by Gasteiger charge is 2.19. The SMILES string of the molecule is CC(C)CNC(=O)C1CNCCN1. The lowest BCUT2D eigenvalue weighted by Crippen LogP contribution is -2.56. The number of carbonyl (C=O) groups excluding carboxylic acids is 1. The van der Waals surface area contributed by atoms with Gasteiger partial charge in [0, 0.05) is 26.2 Å². The first-order chi connectivity index (χ1) is 6.20. The Hall–Kier alpha value is -0.610. The molecule has 4 heteroatoms. The predicted octanol–water partition coefficient (Wildman–Crippen LogP) is -0.680. The van der Waals surface area contributed by atoms with Gasteiger partial charge in [-0.1, -0.05) is 13.8 Å². The highest BCUT2D eigenvalue weighted by Crippen LogP contribution is 1.90. The fourth-order valence-electron chi connectivity index (χ4n) is 1.27. The fourth-order valence-corrected chi connectivity index (χ4v) is 1.27. The first kappa shape index (κ1) is 10.5. The Kier molecular flexibility index (Phi) is 4.18. The van der Waals surface area contributed by atoms with Crippen molar-refractivity contribution in [3.05, 3.63) is 0 Å². The lowest BCUT2D eigenvalue weighted by molar-refractivity contribution is -0.123. The first-order valence-electron chi connectivity index (χ1n) is 4.92. The third-order valence-corrected chi connectivity index (χ3v) is 2.04. The summed E-state index contributed by atoms with van der Waals surface area (Å²) in [5.41, 5.74) is 0. The molecule has 3 N–H and O–H groups in total. The molecule has 0 aliphatic carbocycles. The number of nitrogens with one attached hydrogen (secondary N) is 3. The van der Waals surface area contributed by atoms with E-state index in [4.69, 9.17) is 0 Å². The zero-order valence-corrected chi connectivity index (χ0v) is 8.39. The number of hydrogen-bond donors (Lipinski definition) is 3. The number of carbonyl (C=O) groups is 1. The van der Waals surface area contributed by atoms with Gasteiger partial charge in [-0.2, -0.15) is 0 Å². The van der Waals surface area contributed by atoms with Gasteiger partial charge in [0.2, 0.25) is 5.91 Å². The van der Waals surface area contributed by atoms with E-state index < -0.39 is 0 Å². The molecule has 1 rings (SSSR count). The number of hydrogen-bond acceptors (Lipinski definition) is 3. The second-order valence-corrected chi connectivity index (χ2v) is 3.85. The summed E-state index contributed by atoms with van der Waals surface area (Å²) in [6.07, 6.45) is 0. The Labute approximate surface area is 79.5 Å². The first-order valence-corrected chi connectivity index (χ1v) is 4.92. The molecule has 1 heterocycles. The van der Waals surface area contributed by atoms with E-state index in [2.05, 4.69) is 29.8 Å². The summed E-state index contributed by atoms with van der Waals surface area (Å²) >= 11 is 0. The van der Waals surface area contributed by atoms with E-state index in [-0.39, 0.29) is 11.9 Å². The molecule has 0 bridgehead atoms. The monoisotopic (exact) mass is 185 g/mol. The van der Waals surface area contributed by atoms with E-state index >= 15 is 0 Å². The second-order valence-electron chi connectivity index (χ2n) is 3.85. The molecule has 0 spiro atoms. The van der Waals surface area contributed by atoms with E-state index in [1.165, 1.54) is 0 Å². The highest BCUT2D eigenvalue weighted by molar-refractivity contribution is 5.82. The second kappa shape index (κ2) is 5.19. The van der Waals surface area contributed by atoms with Gasteiger partial charge in [-0.15, -0.1) is 0 Å². The molecule has 0 saturated carbocycles. The van der Waals surface area contributed by atoms with E-state index in [1.807, 2.05) is 0 Å². The Bertz CT molecular complexity index is 164. The molecule has 1 fully saturated rings. The molecular weight excluding hydrogens is 166 g/mol. The Balaban J connectivity index is 2.21. The van der Waals surface area contributed by atoms with Crippen molar-refractivity contribution in [2.45, 2.75) is 19.9 Å². The van der Waals surface area contributed by atoms with Crippen molar-refractivity contribution in [3.63, 3.8) is 0 Å². The van der Waals surface area contributed by atoms with Gasteiger partial charge >= 0.3 is 0 Å². The normalized spacial score (nSPS) is 23.2. The summed E-state index contributed by atoms with van der Waals surface area (Å²) in [7, 11) is 0. The minimum atomic E-state index is -0.0486. The van der Waals surface area contributed by atoms with E-state index in [9.17, 15) is 4.79 Å². The Morgan fingerprint density at radius 1 is 1.54 bits per heavy atom. The van der Waals surface area contributed by atoms with E-state index in [0.717, 1.165) is 26.2 Å². The van der Waals surface area contributed by atoms with Crippen LogP contribution in [0.5, 0.6) is 0 Å². The summed E-state index contributed by atoms with van der Waals surface area (Å²) in [5.74, 6) is 0.626. The Morgan fingerprint density at radius 2 is 2.31 bits per heavy atom. The molecule has 1 aliphatic rings. The standard InChI is InChI=1S/C9H19N3O/c1-7(2)5-12-9(13)8-6-10-3-4-11-8/h7-8,10-11H,3-6H2,1-2H3,(H,12,13). The predicted molar refractivity (Wildman–Crippen MR) is 52.5 cm³/mol. The quantitative estimate of drug-likeness (QED) is 0.546. The van der Waals surface area contributed by atoms with Crippen molar-refractivity contribution in [1.82, 2.24) is 16.0 Å². The molecule has 0 radical (unpaired) electrons. The third-order valence-electron chi connectivity index (χ3n) is 2.04. The molecular formula is C9H19N3O. The maximum atomic E-state index is 11.5. The summed E-state index contributed by atoms with van der Waals surface area (Å²) < 4.78 is 0. The average Bonchev–Trinajstić information content (AvgIpc) is 2.15. The molecule has 4 nitrogen and oxygen atoms in total. The highest BCUT2D eigenvalue weighted by atomic mass is 16.2. The largest absolute Gasteiger partial charge is 0.354 e. The Morgan fingerprint density at radius 3 is 2.85 bits per heavy atom. The lowest BCUT2D eigenvalue weighted by Gasteiger charge is -2.23. The topological polar surface area (TPSA) is 53.2 Å². The van der Waals surface area contributed by atoms with Crippen LogP contribution in [0.3, 0.4) is 0 Å². The van der Waals surface area contributed by atoms with Crippen molar-refractivity contribution >= 4 is 5.91 Å². The van der Waals surface area contributed by atoms with Crippen LogP contribution in [0.15, 0.2) is 0 Å². The average molecular weight is 185 g/mol. The molecule has 1 aliphatic heterocycles. The van der Waals surface area contributed by atoms with Gasteiger partial charge < -0.3 is 16.0 Å². The van der Waals surface area contributed by atoms with Crippen LogP contribution in [-0.2, 0) is 4.79 Å². The zero-order chi connectivity index (χ0) is 9.68. The molecule has 0 aromatic rings. The van der Waals surface area contributed by atoms with Crippen molar-refractivity contribution in [3.8, 4) is 0 Å². The minimum Gasteiger partial charge on any atom is -0.354 e. The van der Waals surface area contributed by atoms with Gasteiger partial charge in [-0.25, -0.2) is 0 Å². The van der Waals surface area contributed by atoms with Crippen LogP contribution in [0.2, 0.25) is 0 Å². The van der Waals surface area contributed by atoms with Gasteiger partial charge in [0.25, 0.3) is 0 Å². The van der Waals surface area contributed by atoms with Crippen molar-refractivity contribution in [2.24, 2.45) is 5.92 Å². The van der Waals surface area contributed by atoms with Crippen LogP contribution < -0.4 is 16.0 Å². The molecule has 13 heavy (non-hydrogen) atoms. The molecule has 1 unspecified atom stereocenters. The number of amides is 1. The summed E-state index contributed by atoms with van der Waals surface area (Å²) in [6, 6.07) is -0.0486. The van der Waals surface area contributed by atoms with Crippen molar-refractivity contribution < 1.29 is 4.79 Å². The van der Waals surface area contributed by atoms with Gasteiger partial charge in [-0.3, -0.25) is 4.79 Å². The molecule has 76 valence electrons. The van der Waals surface area contributed by atoms with Crippen LogP contribution >= 0.6 is 0 Å². The smallest absolute Gasteiger partial charge is 0.238 e. The molecule has 0 aromatic carbocycles. The fraction of sp³-hybridized carbons (Fsp3) is 0.889. The zero-order valence-electron chi connectivity index (χ0n) is 8.39. The third kappa shape index (κ3) is 3.74. The van der Waals surface area contributed by atoms with Crippen LogP contribution in [-0.4, -0.2) is 38.1 Å². The van der Waals surface area contributed by atoms with Crippen LogP contribution in [0.1, 0.15) is 13.8 Å². The van der Waals surface area contributed by atoms with Crippen LogP contribution in [0.25, 0.3) is 0 Å². The van der Waals surface area contributed by atoms with E-state index in [0.29, 0.717) is 5.92 Å². The summed E-state index contributed by atoms with van der Waals surface area (Å²) in [6.45, 7) is 7.51. The van der Waals surface area contributed by atoms with Crippen molar-refractivity contribution in [1.29, 1.82) is 0 Å². The van der Waals surface area contributed by atoms with Crippen LogP contribution in [0.4, 0.5) is 0 Å². The maximum Gasteiger partial charge on any atom is 0.238 e. The molecule has 1 atom stereocenters. The van der Waals surface area contributed by atoms with Gasteiger partial charge in [0.05, 0.1) is 6.04 Å². The molecule has 0 aromatic heterocycles. The van der Waals surface area contributed by atoms with Gasteiger partial charge in [0.1, 0.15) is 0 Å². The summed E-state index contributed by atoms with van der Waals surface area (Å²) in [5, 5.41) is 9.26. The minimum absolute atomic E-state index is 0.0486. The van der Waals surface area contributed by atoms with Crippen molar-refractivity contribution in [2.75, 3.05) is 26.2 Å². The lowest BCUT2D eigenvalue weighted by atomic mass is 10.2. The van der Waals surface area contributed by atoms with Gasteiger partial charge in [-0.05, 0) is 5.92 Å². The maximum absolute atomic E-state index is 11.5. The van der Waals surface area contributed by atoms with Crippen LogP contribution in [0, 0.1) is 5.92 Å². The summed E-state index contributed by atoms with van der Waals surface area (Å²) in [4.78, 5) is 11.5.